The van der Waals surface area contributed by atoms with E-state index in [1.165, 1.54) is 21.5 Å². The van der Waals surface area contributed by atoms with Gasteiger partial charge < -0.3 is 19.0 Å². The van der Waals surface area contributed by atoms with Crippen molar-refractivity contribution in [3.05, 3.63) is 206 Å². The van der Waals surface area contributed by atoms with Crippen LogP contribution in [0.15, 0.2) is 206 Å². The molecule has 5 heteroatoms. The Balaban J connectivity index is 1.01. The zero-order chi connectivity index (χ0) is 39.5. The van der Waals surface area contributed by atoms with Crippen LogP contribution in [-0.4, -0.2) is 22.1 Å². The molecule has 0 atom stereocenters. The molecule has 2 heterocycles. The molecule has 0 bridgehead atoms. The second kappa shape index (κ2) is 14.0. The van der Waals surface area contributed by atoms with E-state index >= 15 is 0 Å². The van der Waals surface area contributed by atoms with Gasteiger partial charge in [0.2, 0.25) is 0 Å². The summed E-state index contributed by atoms with van der Waals surface area (Å²) in [7, 11) is 6.35. The van der Waals surface area contributed by atoms with Crippen molar-refractivity contribution in [3.8, 4) is 62.0 Å². The SMILES string of the molecule is [B]c1ccccc1Oc1cc(-c2cccc(-n3c4ccccc4c4ccccc43)c2)cc(-c2ccc(-c3cccc(-n4c5ccccc5c5ccccc54)c3)cc2O)c1. The number of benzene rings is 9. The number of para-hydroxylation sites is 5. The standard InChI is InChI=1S/C54H35BN2O2/c55-48-21-5-10-26-54(48)59-42-32-38(36-14-12-16-41(31-36)57-51-24-8-3-19-46(51)47-20-4-9-25-52(47)57)29-39(33-42)43-28-27-37(34-53(43)58)35-13-11-15-40(30-35)56-49-22-6-1-17-44(49)45-18-2-7-23-50(45)56/h1-34,58H. The maximum Gasteiger partial charge on any atom is 0.128 e. The van der Waals surface area contributed by atoms with E-state index < -0.39 is 0 Å². The number of hydrogen-bond acceptors (Lipinski definition) is 2. The predicted octanol–water partition coefficient (Wildman–Crippen LogP) is 13.2. The quantitative estimate of drug-likeness (QED) is 0.165. The van der Waals surface area contributed by atoms with E-state index in [0.717, 1.165) is 61.3 Å². The Labute approximate surface area is 342 Å². The summed E-state index contributed by atoms with van der Waals surface area (Å²) in [6.07, 6.45) is 0. The zero-order valence-corrected chi connectivity index (χ0v) is 32.0. The summed E-state index contributed by atoms with van der Waals surface area (Å²) < 4.78 is 11.1. The summed E-state index contributed by atoms with van der Waals surface area (Å²) in [6.45, 7) is 0. The molecule has 0 spiro atoms. The van der Waals surface area contributed by atoms with Crippen molar-refractivity contribution in [2.45, 2.75) is 0 Å². The molecule has 1 N–H and O–H groups in total. The van der Waals surface area contributed by atoms with Gasteiger partial charge in [-0.1, -0.05) is 133 Å². The van der Waals surface area contributed by atoms with Gasteiger partial charge in [0.1, 0.15) is 25.1 Å². The molecule has 2 radical (unpaired) electrons. The van der Waals surface area contributed by atoms with Crippen LogP contribution in [0, 0.1) is 0 Å². The first kappa shape index (κ1) is 34.5. The topological polar surface area (TPSA) is 39.3 Å². The van der Waals surface area contributed by atoms with E-state index in [0.29, 0.717) is 22.5 Å². The van der Waals surface area contributed by atoms with Crippen LogP contribution in [-0.2, 0) is 0 Å². The number of nitrogens with zero attached hydrogens (tertiary/aromatic N) is 2. The molecule has 0 aliphatic heterocycles. The number of hydrogen-bond donors (Lipinski definition) is 1. The van der Waals surface area contributed by atoms with Crippen LogP contribution in [0.2, 0.25) is 0 Å². The normalized spacial score (nSPS) is 11.5. The van der Waals surface area contributed by atoms with Crippen LogP contribution in [0.5, 0.6) is 17.2 Å². The lowest BCUT2D eigenvalue weighted by Crippen LogP contribution is -2.05. The first-order chi connectivity index (χ1) is 29.1. The maximum atomic E-state index is 11.8. The highest BCUT2D eigenvalue weighted by Crippen LogP contribution is 2.41. The third-order valence-electron chi connectivity index (χ3n) is 11.4. The highest BCUT2D eigenvalue weighted by Gasteiger charge is 2.17. The molecule has 0 amide bonds. The van der Waals surface area contributed by atoms with Crippen molar-refractivity contribution >= 4 is 56.9 Å². The Kier molecular flexibility index (Phi) is 8.19. The molecular formula is C54H35BN2O2. The fourth-order valence-electron chi connectivity index (χ4n) is 8.69. The van der Waals surface area contributed by atoms with Crippen LogP contribution in [0.3, 0.4) is 0 Å². The minimum absolute atomic E-state index is 0.172. The Morgan fingerprint density at radius 3 is 1.36 bits per heavy atom. The van der Waals surface area contributed by atoms with Crippen molar-refractivity contribution in [3.63, 3.8) is 0 Å². The number of rotatable bonds is 7. The van der Waals surface area contributed by atoms with Gasteiger partial charge in [0.25, 0.3) is 0 Å². The lowest BCUT2D eigenvalue weighted by atomic mass is 9.94. The molecule has 4 nitrogen and oxygen atoms in total. The highest BCUT2D eigenvalue weighted by atomic mass is 16.5. The first-order valence-electron chi connectivity index (χ1n) is 19.8. The van der Waals surface area contributed by atoms with Gasteiger partial charge in [-0.25, -0.2) is 0 Å². The second-order valence-electron chi connectivity index (χ2n) is 15.0. The number of ether oxygens (including phenoxy) is 1. The van der Waals surface area contributed by atoms with Crippen molar-refractivity contribution < 1.29 is 9.84 Å². The summed E-state index contributed by atoms with van der Waals surface area (Å²) in [4.78, 5) is 0. The third kappa shape index (κ3) is 5.95. The fraction of sp³-hybridized carbons (Fsp3) is 0. The minimum Gasteiger partial charge on any atom is -0.507 e. The monoisotopic (exact) mass is 754 g/mol. The number of fused-ring (bicyclic) bond motifs is 6. The average molecular weight is 755 g/mol. The molecule has 0 saturated heterocycles. The molecule has 11 aromatic rings. The molecular weight excluding hydrogens is 719 g/mol. The van der Waals surface area contributed by atoms with Crippen molar-refractivity contribution in [1.29, 1.82) is 0 Å². The van der Waals surface area contributed by atoms with Crippen molar-refractivity contribution in [2.24, 2.45) is 0 Å². The summed E-state index contributed by atoms with van der Waals surface area (Å²) in [5.74, 6) is 1.35. The van der Waals surface area contributed by atoms with Gasteiger partial charge >= 0.3 is 0 Å². The summed E-state index contributed by atoms with van der Waals surface area (Å²) in [5, 5.41) is 16.7. The molecule has 276 valence electrons. The average Bonchev–Trinajstić information content (AvgIpc) is 3.80. The number of phenols is 1. The molecule has 9 aromatic carbocycles. The first-order valence-corrected chi connectivity index (χ1v) is 19.8. The van der Waals surface area contributed by atoms with Gasteiger partial charge in [-0.3, -0.25) is 0 Å². The summed E-state index contributed by atoms with van der Waals surface area (Å²) >= 11 is 0. The minimum atomic E-state index is 0.172. The van der Waals surface area contributed by atoms with E-state index in [2.05, 4.69) is 167 Å². The van der Waals surface area contributed by atoms with E-state index in [-0.39, 0.29) is 5.75 Å². The molecule has 0 fully saturated rings. The molecule has 0 aliphatic carbocycles. The number of phenolic OH excluding ortho intramolecular Hbond substituents is 1. The van der Waals surface area contributed by atoms with Gasteiger partial charge in [0, 0.05) is 38.5 Å². The maximum absolute atomic E-state index is 11.8. The third-order valence-corrected chi connectivity index (χ3v) is 11.4. The number of aromatic hydroxyl groups is 1. The molecule has 0 aliphatic rings. The summed E-state index contributed by atoms with van der Waals surface area (Å²) in [5.41, 5.74) is 12.6. The Morgan fingerprint density at radius 1 is 0.373 bits per heavy atom. The Hall–Kier alpha value is -7.76. The Morgan fingerprint density at radius 2 is 0.831 bits per heavy atom. The van der Waals surface area contributed by atoms with E-state index in [9.17, 15) is 5.11 Å². The van der Waals surface area contributed by atoms with Crippen LogP contribution in [0.25, 0.3) is 88.4 Å². The molecule has 59 heavy (non-hydrogen) atoms. The van der Waals surface area contributed by atoms with Gasteiger partial charge in [-0.2, -0.15) is 0 Å². The van der Waals surface area contributed by atoms with E-state index in [1.807, 2.05) is 48.5 Å². The van der Waals surface area contributed by atoms with Gasteiger partial charge in [-0.15, -0.1) is 0 Å². The smallest absolute Gasteiger partial charge is 0.128 e. The summed E-state index contributed by atoms with van der Waals surface area (Å²) in [6, 6.07) is 70.7. The zero-order valence-electron chi connectivity index (χ0n) is 32.0. The lowest BCUT2D eigenvalue weighted by Gasteiger charge is -2.16. The van der Waals surface area contributed by atoms with Crippen molar-refractivity contribution in [2.75, 3.05) is 0 Å². The van der Waals surface area contributed by atoms with E-state index in [4.69, 9.17) is 12.6 Å². The second-order valence-corrected chi connectivity index (χ2v) is 15.0. The van der Waals surface area contributed by atoms with Gasteiger partial charge in [0.05, 0.1) is 22.1 Å². The highest BCUT2D eigenvalue weighted by molar-refractivity contribution is 6.34. The van der Waals surface area contributed by atoms with Gasteiger partial charge in [-0.05, 0) is 107 Å². The van der Waals surface area contributed by atoms with Crippen LogP contribution < -0.4 is 10.2 Å². The molecule has 11 rings (SSSR count). The molecule has 0 saturated carbocycles. The molecule has 0 unspecified atom stereocenters. The predicted molar refractivity (Wildman–Crippen MR) is 245 cm³/mol. The van der Waals surface area contributed by atoms with Gasteiger partial charge in [0.15, 0.2) is 0 Å². The lowest BCUT2D eigenvalue weighted by molar-refractivity contribution is 0.477. The van der Waals surface area contributed by atoms with Crippen LogP contribution >= 0.6 is 0 Å². The van der Waals surface area contributed by atoms with Crippen molar-refractivity contribution in [1.82, 2.24) is 9.13 Å². The number of aromatic nitrogens is 2. The Bertz CT molecular complexity index is 3310. The molecule has 2 aromatic heterocycles. The van der Waals surface area contributed by atoms with E-state index in [1.54, 1.807) is 0 Å². The van der Waals surface area contributed by atoms with Crippen LogP contribution in [0.1, 0.15) is 0 Å². The largest absolute Gasteiger partial charge is 0.507 e. The van der Waals surface area contributed by atoms with Crippen LogP contribution in [0.4, 0.5) is 0 Å². The fourth-order valence-corrected chi connectivity index (χ4v) is 8.69.